The lowest BCUT2D eigenvalue weighted by Gasteiger charge is -2.19. The number of para-hydroxylation sites is 2. The van der Waals surface area contributed by atoms with Gasteiger partial charge in [0, 0.05) is 23.6 Å². The molecule has 1 saturated heterocycles. The number of amides is 2. The summed E-state index contributed by atoms with van der Waals surface area (Å²) in [5.74, 6) is -0.152. The summed E-state index contributed by atoms with van der Waals surface area (Å²) in [6, 6.07) is 14.8. The molecule has 7 heteroatoms. The molecule has 2 aromatic carbocycles. The second kappa shape index (κ2) is 7.73. The first-order valence-corrected chi connectivity index (χ1v) is 10.2. The second-order valence-electron chi connectivity index (χ2n) is 6.56. The molecule has 1 aromatic heterocycles. The first-order valence-electron chi connectivity index (χ1n) is 8.97. The fourth-order valence-electron chi connectivity index (χ4n) is 3.25. The predicted molar refractivity (Wildman–Crippen MR) is 113 cm³/mol. The van der Waals surface area contributed by atoms with Crippen LogP contribution in [-0.2, 0) is 4.79 Å². The van der Waals surface area contributed by atoms with Crippen molar-refractivity contribution in [1.82, 2.24) is 4.98 Å². The monoisotopic (exact) mass is 411 g/mol. The third kappa shape index (κ3) is 3.66. The van der Waals surface area contributed by atoms with E-state index in [9.17, 15) is 9.59 Å². The van der Waals surface area contributed by atoms with Gasteiger partial charge < -0.3 is 10.2 Å². The van der Waals surface area contributed by atoms with Crippen LogP contribution in [0.25, 0.3) is 10.6 Å². The number of nitrogens with one attached hydrogen (secondary N) is 1. The lowest BCUT2D eigenvalue weighted by molar-refractivity contribution is -0.117. The highest BCUT2D eigenvalue weighted by atomic mass is 35.5. The van der Waals surface area contributed by atoms with Crippen molar-refractivity contribution in [2.45, 2.75) is 19.8 Å². The zero-order chi connectivity index (χ0) is 19.7. The number of nitrogens with zero attached hydrogens (tertiary/aromatic N) is 2. The van der Waals surface area contributed by atoms with Gasteiger partial charge in [-0.1, -0.05) is 35.9 Å². The van der Waals surface area contributed by atoms with Gasteiger partial charge in [0.25, 0.3) is 5.91 Å². The molecule has 0 aliphatic carbocycles. The summed E-state index contributed by atoms with van der Waals surface area (Å²) in [5, 5.41) is 4.32. The summed E-state index contributed by atoms with van der Waals surface area (Å²) >= 11 is 7.39. The van der Waals surface area contributed by atoms with Crippen LogP contribution in [0.1, 0.15) is 28.2 Å². The van der Waals surface area contributed by atoms with Crippen LogP contribution in [0.15, 0.2) is 48.5 Å². The van der Waals surface area contributed by atoms with Crippen LogP contribution in [-0.4, -0.2) is 23.3 Å². The molecule has 28 heavy (non-hydrogen) atoms. The van der Waals surface area contributed by atoms with Gasteiger partial charge in [-0.3, -0.25) is 9.59 Å². The van der Waals surface area contributed by atoms with Gasteiger partial charge >= 0.3 is 0 Å². The van der Waals surface area contributed by atoms with E-state index in [1.807, 2.05) is 49.4 Å². The molecule has 0 atom stereocenters. The Bertz CT molecular complexity index is 1060. The minimum Gasteiger partial charge on any atom is -0.319 e. The van der Waals surface area contributed by atoms with Crippen molar-refractivity contribution >= 4 is 46.1 Å². The molecule has 1 N–H and O–H groups in total. The third-order valence-electron chi connectivity index (χ3n) is 4.59. The van der Waals surface area contributed by atoms with Gasteiger partial charge in [-0.05, 0) is 37.6 Å². The highest BCUT2D eigenvalue weighted by Gasteiger charge is 2.25. The molecule has 0 unspecified atom stereocenters. The number of aryl methyl sites for hydroxylation is 1. The quantitative estimate of drug-likeness (QED) is 0.645. The van der Waals surface area contributed by atoms with Crippen molar-refractivity contribution in [2.75, 3.05) is 16.8 Å². The van der Waals surface area contributed by atoms with Gasteiger partial charge in [0.2, 0.25) is 5.91 Å². The lowest BCUT2D eigenvalue weighted by atomic mass is 10.2. The summed E-state index contributed by atoms with van der Waals surface area (Å²) in [6.45, 7) is 2.49. The van der Waals surface area contributed by atoms with Gasteiger partial charge in [-0.2, -0.15) is 0 Å². The van der Waals surface area contributed by atoms with Crippen LogP contribution < -0.4 is 10.2 Å². The number of carbonyl (C=O) groups is 2. The Balaban J connectivity index is 1.61. The fourth-order valence-corrected chi connectivity index (χ4v) is 4.40. The molecule has 2 heterocycles. The van der Waals surface area contributed by atoms with Crippen molar-refractivity contribution < 1.29 is 9.59 Å². The Morgan fingerprint density at radius 3 is 2.79 bits per heavy atom. The van der Waals surface area contributed by atoms with Crippen LogP contribution in [0.5, 0.6) is 0 Å². The number of thiazole rings is 1. The number of benzene rings is 2. The number of rotatable bonds is 4. The molecule has 5 nitrogen and oxygen atoms in total. The molecular formula is C21H18ClN3O2S. The van der Waals surface area contributed by atoms with Crippen LogP contribution in [0.3, 0.4) is 0 Å². The maximum Gasteiger partial charge on any atom is 0.267 e. The molecule has 0 spiro atoms. The van der Waals surface area contributed by atoms with Gasteiger partial charge in [0.15, 0.2) is 0 Å². The number of hydrogen-bond acceptors (Lipinski definition) is 4. The first-order chi connectivity index (χ1) is 13.5. The van der Waals surface area contributed by atoms with Crippen molar-refractivity contribution in [2.24, 2.45) is 0 Å². The molecule has 0 saturated carbocycles. The van der Waals surface area contributed by atoms with Crippen molar-refractivity contribution in [3.63, 3.8) is 0 Å². The Labute approximate surface area is 172 Å². The molecule has 1 aliphatic heterocycles. The SMILES string of the molecule is Cc1nc(-c2cccc(Cl)c2)sc1C(=O)Nc1ccccc1N1CCCC1=O. The summed E-state index contributed by atoms with van der Waals surface area (Å²) in [5.41, 5.74) is 2.89. The van der Waals surface area contributed by atoms with E-state index in [4.69, 9.17) is 11.6 Å². The second-order valence-corrected chi connectivity index (χ2v) is 8.00. The Hall–Kier alpha value is -2.70. The first kappa shape index (κ1) is 18.7. The number of anilines is 2. The number of halogens is 1. The molecule has 1 aliphatic rings. The van der Waals surface area contributed by atoms with E-state index in [1.165, 1.54) is 11.3 Å². The van der Waals surface area contributed by atoms with Crippen LogP contribution in [0.2, 0.25) is 5.02 Å². The maximum atomic E-state index is 12.9. The lowest BCUT2D eigenvalue weighted by Crippen LogP contribution is -2.25. The normalized spacial score (nSPS) is 13.8. The van der Waals surface area contributed by atoms with Crippen molar-refractivity contribution in [1.29, 1.82) is 0 Å². The smallest absolute Gasteiger partial charge is 0.267 e. The molecule has 0 radical (unpaired) electrons. The van der Waals surface area contributed by atoms with Crippen LogP contribution in [0, 0.1) is 6.92 Å². The topological polar surface area (TPSA) is 62.3 Å². The van der Waals surface area contributed by atoms with E-state index in [-0.39, 0.29) is 11.8 Å². The van der Waals surface area contributed by atoms with Gasteiger partial charge in [-0.25, -0.2) is 4.98 Å². The molecule has 2 amide bonds. The molecule has 0 bridgehead atoms. The number of aromatic nitrogens is 1. The number of carbonyl (C=O) groups excluding carboxylic acids is 2. The Morgan fingerprint density at radius 1 is 1.21 bits per heavy atom. The predicted octanol–water partition coefficient (Wildman–Crippen LogP) is 5.15. The van der Waals surface area contributed by atoms with Gasteiger partial charge in [0.05, 0.1) is 17.1 Å². The average Bonchev–Trinajstić information content (AvgIpc) is 3.28. The van der Waals surface area contributed by atoms with Gasteiger partial charge in [-0.15, -0.1) is 11.3 Å². The highest BCUT2D eigenvalue weighted by molar-refractivity contribution is 7.17. The fraction of sp³-hybridized carbons (Fsp3) is 0.190. The molecule has 1 fully saturated rings. The van der Waals surface area contributed by atoms with E-state index in [0.717, 1.165) is 22.7 Å². The largest absolute Gasteiger partial charge is 0.319 e. The average molecular weight is 412 g/mol. The molecule has 4 rings (SSSR count). The summed E-state index contributed by atoms with van der Waals surface area (Å²) < 4.78 is 0. The highest BCUT2D eigenvalue weighted by Crippen LogP contribution is 2.32. The molecular weight excluding hydrogens is 394 g/mol. The van der Waals surface area contributed by atoms with Crippen LogP contribution in [0.4, 0.5) is 11.4 Å². The minimum absolute atomic E-state index is 0.0823. The maximum absolute atomic E-state index is 12.9. The van der Waals surface area contributed by atoms with E-state index in [0.29, 0.717) is 34.2 Å². The van der Waals surface area contributed by atoms with E-state index < -0.39 is 0 Å². The molecule has 142 valence electrons. The van der Waals surface area contributed by atoms with Crippen molar-refractivity contribution in [3.8, 4) is 10.6 Å². The Morgan fingerprint density at radius 2 is 2.04 bits per heavy atom. The van der Waals surface area contributed by atoms with Crippen molar-refractivity contribution in [3.05, 3.63) is 64.1 Å². The van der Waals surface area contributed by atoms with Crippen LogP contribution >= 0.6 is 22.9 Å². The van der Waals surface area contributed by atoms with E-state index in [2.05, 4.69) is 10.3 Å². The van der Waals surface area contributed by atoms with E-state index in [1.54, 1.807) is 11.0 Å². The zero-order valence-corrected chi connectivity index (χ0v) is 16.8. The van der Waals surface area contributed by atoms with Gasteiger partial charge in [0.1, 0.15) is 9.88 Å². The summed E-state index contributed by atoms with van der Waals surface area (Å²) in [4.78, 5) is 31.8. The third-order valence-corrected chi connectivity index (χ3v) is 6.03. The molecule has 3 aromatic rings. The summed E-state index contributed by atoms with van der Waals surface area (Å²) in [6.07, 6.45) is 1.37. The summed E-state index contributed by atoms with van der Waals surface area (Å²) in [7, 11) is 0. The standard InChI is InChI=1S/C21H18ClN3O2S/c1-13-19(28-21(23-13)14-6-4-7-15(22)12-14)20(27)24-16-8-2-3-9-17(16)25-11-5-10-18(25)26/h2-4,6-9,12H,5,10-11H2,1H3,(H,24,27). The zero-order valence-electron chi connectivity index (χ0n) is 15.2. The Kier molecular flexibility index (Phi) is 5.15. The minimum atomic E-state index is -0.234. The van der Waals surface area contributed by atoms with E-state index >= 15 is 0 Å². The number of hydrogen-bond donors (Lipinski definition) is 1.